The molecule has 0 amide bonds. The molecule has 17 heavy (non-hydrogen) atoms. The molecule has 1 unspecified atom stereocenters. The van der Waals surface area contributed by atoms with E-state index in [1.54, 1.807) is 0 Å². The summed E-state index contributed by atoms with van der Waals surface area (Å²) in [5, 5.41) is 0. The van der Waals surface area contributed by atoms with Crippen LogP contribution in [-0.4, -0.2) is 5.78 Å². The molecular weight excluding hydrogens is 208 g/mol. The highest BCUT2D eigenvalue weighted by Crippen LogP contribution is 2.31. The van der Waals surface area contributed by atoms with Crippen molar-refractivity contribution in [2.24, 2.45) is 5.92 Å². The Morgan fingerprint density at radius 3 is 2.35 bits per heavy atom. The van der Waals surface area contributed by atoms with Crippen molar-refractivity contribution in [1.82, 2.24) is 0 Å². The first-order valence-electron chi connectivity index (χ1n) is 6.05. The van der Waals surface area contributed by atoms with Crippen LogP contribution < -0.4 is 0 Å². The molecule has 1 aromatic carbocycles. The van der Waals surface area contributed by atoms with Crippen LogP contribution in [0.3, 0.4) is 0 Å². The van der Waals surface area contributed by atoms with Gasteiger partial charge in [0.05, 0.1) is 0 Å². The van der Waals surface area contributed by atoms with Crippen LogP contribution in [0.25, 0.3) is 0 Å². The Kier molecular flexibility index (Phi) is 3.28. The lowest BCUT2D eigenvalue weighted by atomic mass is 9.89. The van der Waals surface area contributed by atoms with E-state index in [-0.39, 0.29) is 11.7 Å². The molecule has 2 rings (SSSR count). The van der Waals surface area contributed by atoms with Crippen molar-refractivity contribution >= 4 is 5.78 Å². The van der Waals surface area contributed by atoms with Gasteiger partial charge in [0, 0.05) is 11.5 Å². The molecule has 0 radical (unpaired) electrons. The number of hydrogen-bond donors (Lipinski definition) is 0. The van der Waals surface area contributed by atoms with Crippen LogP contribution in [0.4, 0.5) is 0 Å². The van der Waals surface area contributed by atoms with Gasteiger partial charge in [-0.3, -0.25) is 4.79 Å². The maximum atomic E-state index is 12.3. The van der Waals surface area contributed by atoms with Crippen molar-refractivity contribution in [2.75, 3.05) is 0 Å². The molecule has 1 aliphatic rings. The molecule has 1 atom stereocenters. The molecule has 1 heteroatoms. The number of rotatable bonds is 3. The van der Waals surface area contributed by atoms with E-state index in [1.165, 1.54) is 16.7 Å². The fourth-order valence-electron chi connectivity index (χ4n) is 2.46. The van der Waals surface area contributed by atoms with E-state index in [0.717, 1.165) is 12.0 Å². The zero-order valence-corrected chi connectivity index (χ0v) is 10.7. The van der Waals surface area contributed by atoms with E-state index < -0.39 is 0 Å². The Morgan fingerprint density at radius 2 is 1.82 bits per heavy atom. The second-order valence-electron chi connectivity index (χ2n) is 4.83. The summed E-state index contributed by atoms with van der Waals surface area (Å²) in [6, 6.07) is 9.56. The van der Waals surface area contributed by atoms with Crippen LogP contribution >= 0.6 is 0 Å². The first-order chi connectivity index (χ1) is 8.09. The number of Topliss-reactive ketones (excluding diaryl/α,β-unsaturated/α-hetero) is 1. The van der Waals surface area contributed by atoms with Crippen molar-refractivity contribution in [2.45, 2.75) is 27.2 Å². The summed E-state index contributed by atoms with van der Waals surface area (Å²) in [5.41, 5.74) is 4.70. The third-order valence-corrected chi connectivity index (χ3v) is 3.41. The van der Waals surface area contributed by atoms with Crippen LogP contribution in [0.15, 0.2) is 53.1 Å². The third kappa shape index (κ3) is 2.38. The summed E-state index contributed by atoms with van der Waals surface area (Å²) in [4.78, 5) is 12.3. The van der Waals surface area contributed by atoms with Crippen molar-refractivity contribution in [3.63, 3.8) is 0 Å². The van der Waals surface area contributed by atoms with Crippen molar-refractivity contribution in [1.29, 1.82) is 0 Å². The van der Waals surface area contributed by atoms with Crippen LogP contribution in [0.5, 0.6) is 0 Å². The molecule has 1 aliphatic carbocycles. The number of benzene rings is 1. The zero-order chi connectivity index (χ0) is 12.4. The number of ketones is 1. The minimum absolute atomic E-state index is 0.00824. The Balaban J connectivity index is 2.20. The lowest BCUT2D eigenvalue weighted by Crippen LogP contribution is -2.14. The van der Waals surface area contributed by atoms with Gasteiger partial charge >= 0.3 is 0 Å². The van der Waals surface area contributed by atoms with E-state index in [0.29, 0.717) is 0 Å². The van der Waals surface area contributed by atoms with E-state index in [4.69, 9.17) is 0 Å². The minimum atomic E-state index is -0.00824. The fraction of sp³-hybridized carbons (Fsp3) is 0.312. The standard InChI is InChI=1S/C16H18O/c1-11-9-12(2)15(10-11)13(3)16(17)14-7-5-4-6-8-14/h4-9,13H,10H2,1-3H3. The minimum Gasteiger partial charge on any atom is -0.294 e. The summed E-state index contributed by atoms with van der Waals surface area (Å²) in [7, 11) is 0. The van der Waals surface area contributed by atoms with Crippen LogP contribution in [0.1, 0.15) is 37.6 Å². The van der Waals surface area contributed by atoms with E-state index in [1.807, 2.05) is 37.3 Å². The molecule has 0 heterocycles. The number of carbonyl (C=O) groups is 1. The van der Waals surface area contributed by atoms with Crippen LogP contribution in [0.2, 0.25) is 0 Å². The summed E-state index contributed by atoms with van der Waals surface area (Å²) >= 11 is 0. The molecule has 0 bridgehead atoms. The molecule has 0 saturated heterocycles. The summed E-state index contributed by atoms with van der Waals surface area (Å²) in [5.74, 6) is 0.217. The smallest absolute Gasteiger partial charge is 0.169 e. The molecule has 0 fully saturated rings. The molecule has 0 aliphatic heterocycles. The number of allylic oxidation sites excluding steroid dienone is 4. The van der Waals surface area contributed by atoms with Gasteiger partial charge in [0.1, 0.15) is 0 Å². The van der Waals surface area contributed by atoms with Crippen molar-refractivity contribution in [3.8, 4) is 0 Å². The predicted octanol–water partition coefficient (Wildman–Crippen LogP) is 4.17. The molecule has 0 spiro atoms. The largest absolute Gasteiger partial charge is 0.294 e. The van der Waals surface area contributed by atoms with Gasteiger partial charge in [-0.2, -0.15) is 0 Å². The molecule has 1 aromatic rings. The summed E-state index contributed by atoms with van der Waals surface area (Å²) in [6.07, 6.45) is 3.13. The van der Waals surface area contributed by atoms with Crippen molar-refractivity contribution < 1.29 is 4.79 Å². The first kappa shape index (κ1) is 11.8. The quantitative estimate of drug-likeness (QED) is 0.707. The summed E-state index contributed by atoms with van der Waals surface area (Å²) in [6.45, 7) is 6.23. The van der Waals surface area contributed by atoms with Gasteiger partial charge < -0.3 is 0 Å². The highest BCUT2D eigenvalue weighted by molar-refractivity contribution is 5.99. The Labute approximate surface area is 103 Å². The van der Waals surface area contributed by atoms with Crippen LogP contribution in [0, 0.1) is 5.92 Å². The average Bonchev–Trinajstić information content (AvgIpc) is 2.68. The maximum Gasteiger partial charge on any atom is 0.169 e. The van der Waals surface area contributed by atoms with Crippen molar-refractivity contribution in [3.05, 3.63) is 58.7 Å². The molecular formula is C16H18O. The molecule has 0 saturated carbocycles. The molecule has 0 aromatic heterocycles. The van der Waals surface area contributed by atoms with E-state index >= 15 is 0 Å². The fourth-order valence-corrected chi connectivity index (χ4v) is 2.46. The second kappa shape index (κ2) is 4.70. The van der Waals surface area contributed by atoms with Crippen LogP contribution in [-0.2, 0) is 0 Å². The topological polar surface area (TPSA) is 17.1 Å². The molecule has 88 valence electrons. The number of hydrogen-bond acceptors (Lipinski definition) is 1. The van der Waals surface area contributed by atoms with E-state index in [9.17, 15) is 4.79 Å². The Hall–Kier alpha value is -1.63. The Bertz CT molecular complexity index is 492. The monoisotopic (exact) mass is 226 g/mol. The van der Waals surface area contributed by atoms with Gasteiger partial charge in [-0.15, -0.1) is 0 Å². The first-order valence-corrected chi connectivity index (χ1v) is 6.05. The Morgan fingerprint density at radius 1 is 1.18 bits per heavy atom. The van der Waals surface area contributed by atoms with Gasteiger partial charge in [0.2, 0.25) is 0 Å². The number of carbonyl (C=O) groups excluding carboxylic acids is 1. The SMILES string of the molecule is CC1=CC(C)=C(C(C)C(=O)c2ccccc2)C1. The van der Waals surface area contributed by atoms with Gasteiger partial charge in [-0.1, -0.05) is 60.1 Å². The summed E-state index contributed by atoms with van der Waals surface area (Å²) < 4.78 is 0. The lowest BCUT2D eigenvalue weighted by molar-refractivity contribution is 0.0947. The highest BCUT2D eigenvalue weighted by Gasteiger charge is 2.23. The molecule has 1 nitrogen and oxygen atoms in total. The van der Waals surface area contributed by atoms with E-state index in [2.05, 4.69) is 19.9 Å². The van der Waals surface area contributed by atoms with Gasteiger partial charge in [-0.25, -0.2) is 0 Å². The predicted molar refractivity (Wildman–Crippen MR) is 71.0 cm³/mol. The second-order valence-corrected chi connectivity index (χ2v) is 4.83. The van der Waals surface area contributed by atoms with Gasteiger partial charge in [-0.05, 0) is 20.3 Å². The highest BCUT2D eigenvalue weighted by atomic mass is 16.1. The lowest BCUT2D eigenvalue weighted by Gasteiger charge is -2.14. The normalized spacial score (nSPS) is 17.0. The maximum absolute atomic E-state index is 12.3. The third-order valence-electron chi connectivity index (χ3n) is 3.41. The van der Waals surface area contributed by atoms with Gasteiger partial charge in [0.15, 0.2) is 5.78 Å². The zero-order valence-electron chi connectivity index (χ0n) is 10.7. The molecule has 0 N–H and O–H groups in total. The van der Waals surface area contributed by atoms with Gasteiger partial charge in [0.25, 0.3) is 0 Å². The average molecular weight is 226 g/mol.